The molecule has 3 saturated carbocycles. The fraction of sp³-hybridized carbons (Fsp3) is 0.660. The first-order valence-electron chi connectivity index (χ1n) is 26.7. The number of fused-ring (bicyclic) bond motifs is 7. The molecular formula is C53H75N5O17P2. The van der Waals surface area contributed by atoms with Crippen LogP contribution in [-0.2, 0) is 67.3 Å². The Morgan fingerprint density at radius 3 is 2.43 bits per heavy atom. The molecule has 1 aliphatic heterocycles. The van der Waals surface area contributed by atoms with Crippen molar-refractivity contribution in [1.29, 1.82) is 0 Å². The highest BCUT2D eigenvalue weighted by molar-refractivity contribution is 7.61. The van der Waals surface area contributed by atoms with E-state index in [4.69, 9.17) is 29.0 Å². The van der Waals surface area contributed by atoms with Crippen LogP contribution in [-0.4, -0.2) is 112 Å². The fourth-order valence-electron chi connectivity index (χ4n) is 12.6. The van der Waals surface area contributed by atoms with Gasteiger partial charge >= 0.3 is 21.7 Å². The SMILES string of the molecule is CCCC1O[C@@H]2C[C@H]3[C@@H]4CCC5=CC(=O)C=C[C@]5(C)[C@H]4[C@@H](O)C[C@]3(C)[C@]2(C(=O)COP(=O)(O)OP(=O)(O)OCc2ccc(NC(=O)[C@H](CCCNC(N)=O)NC(=O)[C@@H](NC(=O)COC3C#CCCCCC3)C(C)C)cc2)O1. The number of hydrogen-bond donors (Lipinski definition) is 8. The number of ketones is 2. The zero-order valence-corrected chi connectivity index (χ0v) is 46.2. The number of ether oxygens (including phenoxy) is 3. The predicted molar refractivity (Wildman–Crippen MR) is 278 cm³/mol. The van der Waals surface area contributed by atoms with Crippen molar-refractivity contribution in [1.82, 2.24) is 16.0 Å². The molecule has 1 aromatic carbocycles. The summed E-state index contributed by atoms with van der Waals surface area (Å²) < 4.78 is 59.9. The number of phosphoric acid groups is 2. The summed E-state index contributed by atoms with van der Waals surface area (Å²) in [5.74, 6) is 2.51. The monoisotopic (exact) mass is 1120 g/mol. The molecule has 4 fully saturated rings. The molecule has 24 heteroatoms. The number of nitrogens with one attached hydrogen (secondary N) is 4. The highest BCUT2D eigenvalue weighted by atomic mass is 31.3. The lowest BCUT2D eigenvalue weighted by molar-refractivity contribution is -0.200. The number of amides is 5. The summed E-state index contributed by atoms with van der Waals surface area (Å²) in [5, 5.41) is 22.6. The maximum Gasteiger partial charge on any atom is 0.481 e. The third kappa shape index (κ3) is 14.1. The second kappa shape index (κ2) is 25.2. The smallest absolute Gasteiger partial charge is 0.393 e. The standard InChI is InChI=1S/C53H75N5O17P2/c1-6-13-45-73-43-27-39-38-22-19-34-26-36(59)23-24-51(34,4)46(38)41(60)28-52(39,5)53(43,74-45)42(61)30-72-77(68,69)75-76(66,67)71-29-33-17-20-35(21-18-33)56-48(63)40(16-12-25-55-50(54)65)57-49(64)47(32(2)3)58-44(62)31-70-37-14-10-8-7-9-11-15-37/h17-18,20-21,23-24,26,32,37-41,43,45-47,60H,6-10,12-14,16,19,22,25,27-31H2,1-5H3,(H,56,63)(H,57,64)(H,58,62)(H,66,67)(H,68,69)(H3,54,55,65)/t37?,38-,39-,40-,41-,43+,45?,46+,47-,51-,52-,53+/m0/s1. The number of aliphatic hydroxyl groups excluding tert-OH is 1. The number of nitrogens with two attached hydrogens (primary N) is 1. The van der Waals surface area contributed by atoms with Crippen molar-refractivity contribution in [3.05, 3.63) is 53.6 Å². The van der Waals surface area contributed by atoms with Crippen molar-refractivity contribution < 1.29 is 80.4 Å². The largest absolute Gasteiger partial charge is 0.481 e. The number of hydrogen-bond acceptors (Lipinski definition) is 15. The van der Waals surface area contributed by atoms with E-state index in [1.165, 1.54) is 30.3 Å². The van der Waals surface area contributed by atoms with Crippen LogP contribution in [0.25, 0.3) is 0 Å². The Kier molecular flexibility index (Phi) is 19.7. The Labute approximate surface area is 449 Å². The summed E-state index contributed by atoms with van der Waals surface area (Å²) in [6.45, 7) is 7.38. The average Bonchev–Trinajstić information content (AvgIpc) is 4.00. The van der Waals surface area contributed by atoms with Gasteiger partial charge in [-0.2, -0.15) is 4.31 Å². The molecule has 14 atom stereocenters. The number of carbonyl (C=O) groups is 6. The normalized spacial score (nSPS) is 31.6. The summed E-state index contributed by atoms with van der Waals surface area (Å²) in [6.07, 6.45) is 9.82. The number of anilines is 1. The van der Waals surface area contributed by atoms with E-state index in [-0.39, 0.29) is 67.2 Å². The first kappa shape index (κ1) is 60.0. The van der Waals surface area contributed by atoms with Gasteiger partial charge in [0.15, 0.2) is 23.5 Å². The van der Waals surface area contributed by atoms with Crippen molar-refractivity contribution in [3.8, 4) is 11.8 Å². The molecule has 1 aromatic rings. The minimum atomic E-state index is -5.49. The van der Waals surface area contributed by atoms with Gasteiger partial charge in [-0.05, 0) is 112 Å². The van der Waals surface area contributed by atoms with Crippen molar-refractivity contribution in [2.45, 2.75) is 167 Å². The molecule has 9 N–H and O–H groups in total. The first-order chi connectivity index (χ1) is 36.4. The van der Waals surface area contributed by atoms with E-state index >= 15 is 0 Å². The lowest BCUT2D eigenvalue weighted by Gasteiger charge is -2.59. The van der Waals surface area contributed by atoms with Gasteiger partial charge in [-0.15, -0.1) is 5.92 Å². The molecule has 1 saturated heterocycles. The van der Waals surface area contributed by atoms with Crippen LogP contribution in [0.5, 0.6) is 0 Å². The number of aliphatic hydroxyl groups is 1. The Morgan fingerprint density at radius 1 is 0.974 bits per heavy atom. The number of urea groups is 1. The molecule has 77 heavy (non-hydrogen) atoms. The molecule has 5 aliphatic carbocycles. The minimum Gasteiger partial charge on any atom is -0.393 e. The van der Waals surface area contributed by atoms with Gasteiger partial charge in [0, 0.05) is 35.4 Å². The Hall–Kier alpha value is -4.62. The molecule has 0 aromatic heterocycles. The van der Waals surface area contributed by atoms with Crippen LogP contribution in [0, 0.1) is 46.3 Å². The van der Waals surface area contributed by atoms with Gasteiger partial charge in [-0.3, -0.25) is 33.0 Å². The van der Waals surface area contributed by atoms with Gasteiger partial charge in [-0.25, -0.2) is 13.9 Å². The molecule has 6 aliphatic rings. The topological polar surface area (TPSA) is 327 Å². The molecule has 7 rings (SSSR count). The number of phosphoric ester groups is 2. The number of primary amides is 1. The summed E-state index contributed by atoms with van der Waals surface area (Å²) in [5.41, 5.74) is 3.34. The molecule has 0 bridgehead atoms. The third-order valence-corrected chi connectivity index (χ3v) is 18.8. The summed E-state index contributed by atoms with van der Waals surface area (Å²) in [7, 11) is -10.9. The molecule has 4 unspecified atom stereocenters. The van der Waals surface area contributed by atoms with Gasteiger partial charge in [0.1, 0.15) is 31.4 Å². The molecule has 0 spiro atoms. The van der Waals surface area contributed by atoms with E-state index in [1.807, 2.05) is 26.8 Å². The lowest BCUT2D eigenvalue weighted by atomic mass is 9.46. The van der Waals surface area contributed by atoms with Crippen LogP contribution < -0.4 is 27.0 Å². The first-order valence-corrected chi connectivity index (χ1v) is 29.7. The minimum absolute atomic E-state index is 0.0558. The number of rotatable bonds is 24. The third-order valence-electron chi connectivity index (χ3n) is 16.2. The zero-order valence-electron chi connectivity index (χ0n) is 44.4. The predicted octanol–water partition coefficient (Wildman–Crippen LogP) is 5.54. The van der Waals surface area contributed by atoms with Crippen molar-refractivity contribution in [2.24, 2.45) is 40.2 Å². The van der Waals surface area contributed by atoms with E-state index in [0.717, 1.165) is 31.3 Å². The van der Waals surface area contributed by atoms with Crippen LogP contribution in [0.3, 0.4) is 0 Å². The second-order valence-electron chi connectivity index (χ2n) is 21.8. The number of allylic oxidation sites excluding steroid dienone is 4. The fourth-order valence-corrected chi connectivity index (χ4v) is 14.6. The van der Waals surface area contributed by atoms with Crippen molar-refractivity contribution in [3.63, 3.8) is 0 Å². The molecule has 0 radical (unpaired) electrons. The van der Waals surface area contributed by atoms with Crippen LogP contribution >= 0.6 is 15.6 Å². The van der Waals surface area contributed by atoms with Crippen LogP contribution in [0.1, 0.15) is 124 Å². The van der Waals surface area contributed by atoms with E-state index in [2.05, 4.69) is 37.4 Å². The molecular weight excluding hydrogens is 1040 g/mol. The zero-order chi connectivity index (χ0) is 55.9. The van der Waals surface area contributed by atoms with Crippen molar-refractivity contribution in [2.75, 3.05) is 25.1 Å². The quantitative estimate of drug-likeness (QED) is 0.0358. The van der Waals surface area contributed by atoms with Crippen molar-refractivity contribution >= 4 is 56.7 Å². The summed E-state index contributed by atoms with van der Waals surface area (Å²) >= 11 is 0. The highest BCUT2D eigenvalue weighted by Crippen LogP contribution is 2.70. The van der Waals surface area contributed by atoms with E-state index in [1.54, 1.807) is 19.9 Å². The highest BCUT2D eigenvalue weighted by Gasteiger charge is 2.76. The van der Waals surface area contributed by atoms with Gasteiger partial charge in [0.05, 0.1) is 18.8 Å². The maximum absolute atomic E-state index is 14.6. The second-order valence-corrected chi connectivity index (χ2v) is 24.9. The van der Waals surface area contributed by atoms with E-state index in [0.29, 0.717) is 38.5 Å². The summed E-state index contributed by atoms with van der Waals surface area (Å²) in [4.78, 5) is 99.8. The Balaban J connectivity index is 0.937. The molecule has 22 nitrogen and oxygen atoms in total. The number of carbonyl (C=O) groups excluding carboxylic acids is 6. The maximum atomic E-state index is 14.6. The molecule has 424 valence electrons. The Morgan fingerprint density at radius 2 is 1.71 bits per heavy atom. The van der Waals surface area contributed by atoms with Crippen LogP contribution in [0.15, 0.2) is 48.1 Å². The summed E-state index contributed by atoms with van der Waals surface area (Å²) in [6, 6.07) is 2.75. The average molecular weight is 1120 g/mol. The van der Waals surface area contributed by atoms with E-state index < -0.39 is 117 Å². The molecule has 5 amide bonds. The van der Waals surface area contributed by atoms with Gasteiger partial charge < -0.3 is 56.1 Å². The van der Waals surface area contributed by atoms with E-state index in [9.17, 15) is 52.8 Å². The van der Waals surface area contributed by atoms with Gasteiger partial charge in [0.25, 0.3) is 0 Å². The van der Waals surface area contributed by atoms with Gasteiger partial charge in [-0.1, -0.05) is 77.2 Å². The molecule has 1 heterocycles. The Bertz CT molecular complexity index is 2600. The van der Waals surface area contributed by atoms with Crippen LogP contribution in [0.2, 0.25) is 0 Å². The van der Waals surface area contributed by atoms with Crippen LogP contribution in [0.4, 0.5) is 10.5 Å². The number of Topliss-reactive ketones (excluding diaryl/α,β-unsaturated/α-hetero) is 1. The van der Waals surface area contributed by atoms with Gasteiger partial charge in [0.2, 0.25) is 17.7 Å². The number of benzene rings is 1. The lowest BCUT2D eigenvalue weighted by Crippen LogP contribution is -2.63.